The number of nitrogens with one attached hydrogen (secondary N) is 1. The van der Waals surface area contributed by atoms with E-state index in [1.807, 2.05) is 13.8 Å². The first-order valence-electron chi connectivity index (χ1n) is 10.3. The summed E-state index contributed by atoms with van der Waals surface area (Å²) in [6.45, 7) is 4.05. The van der Waals surface area contributed by atoms with E-state index in [4.69, 9.17) is 25.8 Å². The fraction of sp³-hybridized carbons (Fsp3) is 0.391. The quantitative estimate of drug-likeness (QED) is 0.342. The number of methoxy groups -OCH3 is 3. The van der Waals surface area contributed by atoms with Crippen LogP contribution in [-0.4, -0.2) is 48.0 Å². The molecule has 0 fully saturated rings. The molecule has 2 N–H and O–H groups in total. The number of carbonyl (C=O) groups excluding carboxylic acids is 1. The molecule has 0 bridgehead atoms. The summed E-state index contributed by atoms with van der Waals surface area (Å²) in [5.41, 5.74) is 0.736. The van der Waals surface area contributed by atoms with E-state index in [1.165, 1.54) is 25.0 Å². The molecule has 0 radical (unpaired) electrons. The minimum atomic E-state index is -0.801. The molecule has 0 spiro atoms. The summed E-state index contributed by atoms with van der Waals surface area (Å²) in [7, 11) is 4.34. The van der Waals surface area contributed by atoms with Gasteiger partial charge in [-0.3, -0.25) is 0 Å². The van der Waals surface area contributed by atoms with Gasteiger partial charge >= 0.3 is 5.97 Å². The Balaban J connectivity index is 2.01. The molecule has 10 heteroatoms. The summed E-state index contributed by atoms with van der Waals surface area (Å²) >= 11 is 6.31. The maximum absolute atomic E-state index is 15.4. The Morgan fingerprint density at radius 2 is 2.00 bits per heavy atom. The van der Waals surface area contributed by atoms with Crippen LogP contribution in [0.1, 0.15) is 25.8 Å². The Hall–Kier alpha value is -3.20. The largest absolute Gasteiger partial charge is 0.497 e. The number of pyridine rings is 1. The van der Waals surface area contributed by atoms with Crippen LogP contribution in [0.25, 0.3) is 10.8 Å². The number of ether oxygens (including phenoxy) is 3. The SMILES string of the molecule is COC(=O)[C@@H](CC(C)C)Nc1nc(Cl)c2c(O)n(Cc3ccc(OC)cc3OC)cc2c1F. The fourth-order valence-electron chi connectivity index (χ4n) is 3.62. The second-order valence-corrected chi connectivity index (χ2v) is 8.32. The number of benzene rings is 1. The van der Waals surface area contributed by atoms with Gasteiger partial charge in [-0.15, -0.1) is 0 Å². The van der Waals surface area contributed by atoms with Crippen LogP contribution in [0, 0.1) is 11.7 Å². The molecule has 178 valence electrons. The third-order valence-corrected chi connectivity index (χ3v) is 5.52. The maximum atomic E-state index is 15.4. The van der Waals surface area contributed by atoms with Crippen LogP contribution in [0.4, 0.5) is 10.2 Å². The monoisotopic (exact) mass is 479 g/mol. The van der Waals surface area contributed by atoms with E-state index < -0.39 is 17.8 Å². The zero-order valence-corrected chi connectivity index (χ0v) is 19.9. The summed E-state index contributed by atoms with van der Waals surface area (Å²) in [4.78, 5) is 16.2. The van der Waals surface area contributed by atoms with Gasteiger partial charge < -0.3 is 29.2 Å². The molecular weight excluding hydrogens is 453 g/mol. The number of anilines is 1. The van der Waals surface area contributed by atoms with Crippen molar-refractivity contribution in [3.63, 3.8) is 0 Å². The predicted octanol–water partition coefficient (Wildman–Crippen LogP) is 4.60. The number of esters is 1. The zero-order chi connectivity index (χ0) is 24.3. The lowest BCUT2D eigenvalue weighted by Crippen LogP contribution is -2.32. The van der Waals surface area contributed by atoms with Crippen molar-refractivity contribution in [2.75, 3.05) is 26.6 Å². The van der Waals surface area contributed by atoms with E-state index >= 15 is 4.39 Å². The van der Waals surface area contributed by atoms with Crippen LogP contribution in [0.15, 0.2) is 24.4 Å². The average molecular weight is 480 g/mol. The van der Waals surface area contributed by atoms with Gasteiger partial charge in [0.1, 0.15) is 22.7 Å². The molecule has 0 saturated carbocycles. The molecule has 0 aliphatic carbocycles. The van der Waals surface area contributed by atoms with E-state index in [0.29, 0.717) is 17.9 Å². The summed E-state index contributed by atoms with van der Waals surface area (Å²) in [5.74, 6) is -0.383. The van der Waals surface area contributed by atoms with Gasteiger partial charge in [0.05, 0.1) is 33.3 Å². The minimum Gasteiger partial charge on any atom is -0.497 e. The molecule has 0 aliphatic rings. The number of halogens is 2. The van der Waals surface area contributed by atoms with E-state index in [9.17, 15) is 9.90 Å². The molecule has 33 heavy (non-hydrogen) atoms. The third kappa shape index (κ3) is 5.08. The second-order valence-electron chi connectivity index (χ2n) is 7.96. The molecule has 2 aromatic heterocycles. The number of aromatic nitrogens is 2. The van der Waals surface area contributed by atoms with Crippen LogP contribution < -0.4 is 14.8 Å². The summed E-state index contributed by atoms with van der Waals surface area (Å²) in [6.07, 6.45) is 1.85. The van der Waals surface area contributed by atoms with E-state index in [-0.39, 0.29) is 40.1 Å². The molecule has 0 amide bonds. The fourth-order valence-corrected chi connectivity index (χ4v) is 3.89. The van der Waals surface area contributed by atoms with E-state index in [1.54, 1.807) is 25.3 Å². The third-order valence-electron chi connectivity index (χ3n) is 5.25. The van der Waals surface area contributed by atoms with Crippen LogP contribution >= 0.6 is 11.6 Å². The summed E-state index contributed by atoms with van der Waals surface area (Å²) in [6, 6.07) is 4.47. The van der Waals surface area contributed by atoms with Crippen molar-refractivity contribution in [2.45, 2.75) is 32.9 Å². The zero-order valence-electron chi connectivity index (χ0n) is 19.1. The average Bonchev–Trinajstić information content (AvgIpc) is 3.12. The predicted molar refractivity (Wildman–Crippen MR) is 124 cm³/mol. The normalized spacial score (nSPS) is 12.1. The van der Waals surface area contributed by atoms with Crippen LogP contribution in [-0.2, 0) is 16.1 Å². The first-order chi connectivity index (χ1) is 15.7. The standard InChI is InChI=1S/C23H27ClFN3O5/c1-12(2)8-16(23(30)33-5)26-21-19(25)15-11-28(22(29)18(15)20(24)27-21)10-13-6-7-14(31-3)9-17(13)32-4/h6-7,9,11-12,16,26,29H,8,10H2,1-5H3/t16-/m1/s1. The van der Waals surface area contributed by atoms with Crippen LogP contribution in [0.2, 0.25) is 5.15 Å². The molecule has 1 aromatic carbocycles. The number of fused-ring (bicyclic) bond motifs is 1. The molecule has 8 nitrogen and oxygen atoms in total. The number of carbonyl (C=O) groups is 1. The smallest absolute Gasteiger partial charge is 0.328 e. The minimum absolute atomic E-state index is 0.0654. The lowest BCUT2D eigenvalue weighted by Gasteiger charge is -2.19. The maximum Gasteiger partial charge on any atom is 0.328 e. The second kappa shape index (κ2) is 10.2. The summed E-state index contributed by atoms with van der Waals surface area (Å²) in [5, 5.41) is 13.6. The molecular formula is C23H27ClFN3O5. The number of hydrogen-bond donors (Lipinski definition) is 2. The number of aromatic hydroxyl groups is 1. The van der Waals surface area contributed by atoms with Crippen molar-refractivity contribution in [3.05, 3.63) is 40.9 Å². The first kappa shape index (κ1) is 24.4. The molecule has 1 atom stereocenters. The molecule has 3 rings (SSSR count). The Kier molecular flexibility index (Phi) is 7.53. The lowest BCUT2D eigenvalue weighted by atomic mass is 10.0. The highest BCUT2D eigenvalue weighted by Gasteiger charge is 2.26. The molecule has 3 aromatic rings. The van der Waals surface area contributed by atoms with E-state index in [0.717, 1.165) is 5.56 Å². The Morgan fingerprint density at radius 1 is 1.27 bits per heavy atom. The Bertz CT molecular complexity index is 1160. The van der Waals surface area contributed by atoms with Crippen LogP contribution in [0.5, 0.6) is 17.4 Å². The highest BCUT2D eigenvalue weighted by molar-refractivity contribution is 6.35. The van der Waals surface area contributed by atoms with Crippen molar-refractivity contribution < 1.29 is 28.5 Å². The first-order valence-corrected chi connectivity index (χ1v) is 10.7. The highest BCUT2D eigenvalue weighted by Crippen LogP contribution is 2.38. The molecule has 0 unspecified atom stereocenters. The lowest BCUT2D eigenvalue weighted by molar-refractivity contribution is -0.141. The number of hydrogen-bond acceptors (Lipinski definition) is 7. The van der Waals surface area contributed by atoms with Crippen molar-refractivity contribution in [1.82, 2.24) is 9.55 Å². The van der Waals surface area contributed by atoms with Gasteiger partial charge in [0, 0.05) is 23.2 Å². The Labute approximate surface area is 196 Å². The highest BCUT2D eigenvalue weighted by atomic mass is 35.5. The van der Waals surface area contributed by atoms with Gasteiger partial charge in [0.2, 0.25) is 5.88 Å². The molecule has 0 saturated heterocycles. The van der Waals surface area contributed by atoms with Gasteiger partial charge in [0.15, 0.2) is 11.6 Å². The Morgan fingerprint density at radius 3 is 2.61 bits per heavy atom. The topological polar surface area (TPSA) is 94.8 Å². The van der Waals surface area contributed by atoms with Gasteiger partial charge in [-0.05, 0) is 24.5 Å². The number of nitrogens with zero attached hydrogens (tertiary/aromatic N) is 2. The van der Waals surface area contributed by atoms with Gasteiger partial charge in [-0.1, -0.05) is 25.4 Å². The van der Waals surface area contributed by atoms with Crippen molar-refractivity contribution in [1.29, 1.82) is 0 Å². The molecule has 2 heterocycles. The van der Waals surface area contributed by atoms with Crippen molar-refractivity contribution in [2.24, 2.45) is 5.92 Å². The number of rotatable bonds is 9. The van der Waals surface area contributed by atoms with Gasteiger partial charge in [0.25, 0.3) is 0 Å². The van der Waals surface area contributed by atoms with Gasteiger partial charge in [-0.2, -0.15) is 0 Å². The van der Waals surface area contributed by atoms with Crippen molar-refractivity contribution in [3.8, 4) is 17.4 Å². The van der Waals surface area contributed by atoms with Crippen molar-refractivity contribution >= 4 is 34.2 Å². The van der Waals surface area contributed by atoms with Gasteiger partial charge in [-0.25, -0.2) is 14.2 Å². The van der Waals surface area contributed by atoms with Crippen LogP contribution in [0.3, 0.4) is 0 Å². The molecule has 0 aliphatic heterocycles. The van der Waals surface area contributed by atoms with E-state index in [2.05, 4.69) is 10.3 Å². The summed E-state index contributed by atoms with van der Waals surface area (Å²) < 4.78 is 32.3.